The minimum absolute atomic E-state index is 0.0351. The molecule has 0 bridgehead atoms. The number of nitrogens with one attached hydrogen (secondary N) is 1. The minimum Gasteiger partial charge on any atom is -0.273 e. The van der Waals surface area contributed by atoms with Gasteiger partial charge in [-0.05, 0) is 25.0 Å². The van der Waals surface area contributed by atoms with E-state index in [-0.39, 0.29) is 6.04 Å². The van der Waals surface area contributed by atoms with Crippen molar-refractivity contribution in [1.82, 2.24) is 25.2 Å². The van der Waals surface area contributed by atoms with Crippen molar-refractivity contribution < 1.29 is 0 Å². The summed E-state index contributed by atoms with van der Waals surface area (Å²) in [6, 6.07) is 3.91. The first-order valence-corrected chi connectivity index (χ1v) is 5.50. The van der Waals surface area contributed by atoms with Crippen LogP contribution >= 0.6 is 0 Å². The summed E-state index contributed by atoms with van der Waals surface area (Å²) in [5, 5.41) is 4.13. The molecule has 0 saturated carbocycles. The van der Waals surface area contributed by atoms with Gasteiger partial charge in [-0.1, -0.05) is 0 Å². The maximum absolute atomic E-state index is 5.55. The molecule has 2 aromatic heterocycles. The van der Waals surface area contributed by atoms with Gasteiger partial charge in [0.25, 0.3) is 0 Å². The Bertz CT molecular complexity index is 452. The fraction of sp³-hybridized carbons (Fsp3) is 0.364. The summed E-state index contributed by atoms with van der Waals surface area (Å²) in [6.07, 6.45) is 6.81. The monoisotopic (exact) mass is 232 g/mol. The Hall–Kier alpha value is -1.79. The molecule has 0 spiro atoms. The molecule has 2 heterocycles. The highest BCUT2D eigenvalue weighted by Crippen LogP contribution is 2.15. The molecule has 3 N–H and O–H groups in total. The lowest BCUT2D eigenvalue weighted by molar-refractivity contribution is 0.495. The second kappa shape index (κ2) is 5.51. The third kappa shape index (κ3) is 2.86. The summed E-state index contributed by atoms with van der Waals surface area (Å²) in [5.41, 5.74) is 4.87. The van der Waals surface area contributed by atoms with Gasteiger partial charge in [0, 0.05) is 25.1 Å². The first-order valence-electron chi connectivity index (χ1n) is 5.50. The van der Waals surface area contributed by atoms with E-state index in [1.807, 2.05) is 23.9 Å². The van der Waals surface area contributed by atoms with Crippen LogP contribution < -0.4 is 11.3 Å². The Balaban J connectivity index is 1.99. The summed E-state index contributed by atoms with van der Waals surface area (Å²) in [7, 11) is 1.94. The van der Waals surface area contributed by atoms with E-state index in [1.54, 1.807) is 12.4 Å². The third-order valence-electron chi connectivity index (χ3n) is 2.77. The number of hydrogen-bond acceptors (Lipinski definition) is 5. The molecule has 0 saturated heterocycles. The second-order valence-electron chi connectivity index (χ2n) is 3.84. The lowest BCUT2D eigenvalue weighted by atomic mass is 10.1. The Kier molecular flexibility index (Phi) is 3.79. The van der Waals surface area contributed by atoms with E-state index in [0.29, 0.717) is 0 Å². The quantitative estimate of drug-likeness (QED) is 0.574. The maximum Gasteiger partial charge on any atom is 0.115 e. The number of aryl methyl sites for hydroxylation is 2. The highest BCUT2D eigenvalue weighted by Gasteiger charge is 2.11. The molecule has 0 aromatic carbocycles. The number of rotatable bonds is 5. The van der Waals surface area contributed by atoms with Crippen molar-refractivity contribution in [1.29, 1.82) is 0 Å². The van der Waals surface area contributed by atoms with Crippen LogP contribution in [0.5, 0.6) is 0 Å². The van der Waals surface area contributed by atoms with Gasteiger partial charge in [-0.15, -0.1) is 0 Å². The van der Waals surface area contributed by atoms with Gasteiger partial charge in [-0.25, -0.2) is 9.97 Å². The molecule has 0 aliphatic carbocycles. The number of nitrogens with two attached hydrogens (primary N) is 1. The SMILES string of the molecule is Cn1nccc1CCC(NN)c1ccncn1. The molecule has 1 atom stereocenters. The Morgan fingerprint density at radius 3 is 2.88 bits per heavy atom. The van der Waals surface area contributed by atoms with Gasteiger partial charge < -0.3 is 0 Å². The van der Waals surface area contributed by atoms with Crippen LogP contribution in [0.4, 0.5) is 0 Å². The van der Waals surface area contributed by atoms with Crippen molar-refractivity contribution in [3.63, 3.8) is 0 Å². The van der Waals surface area contributed by atoms with E-state index in [1.165, 1.54) is 12.0 Å². The molecule has 17 heavy (non-hydrogen) atoms. The molecule has 0 aliphatic heterocycles. The van der Waals surface area contributed by atoms with E-state index in [2.05, 4.69) is 20.5 Å². The zero-order valence-corrected chi connectivity index (χ0v) is 9.74. The van der Waals surface area contributed by atoms with E-state index in [0.717, 1.165) is 18.5 Å². The lowest BCUT2D eigenvalue weighted by Gasteiger charge is -2.14. The van der Waals surface area contributed by atoms with Crippen LogP contribution in [0.15, 0.2) is 30.9 Å². The Morgan fingerprint density at radius 2 is 2.29 bits per heavy atom. The van der Waals surface area contributed by atoms with Crippen molar-refractivity contribution in [2.24, 2.45) is 12.9 Å². The average molecular weight is 232 g/mol. The van der Waals surface area contributed by atoms with Gasteiger partial charge in [-0.2, -0.15) is 5.10 Å². The first-order chi connectivity index (χ1) is 8.31. The molecule has 90 valence electrons. The van der Waals surface area contributed by atoms with Crippen molar-refractivity contribution in [3.05, 3.63) is 42.2 Å². The van der Waals surface area contributed by atoms with Gasteiger partial charge in [0.05, 0.1) is 11.7 Å². The van der Waals surface area contributed by atoms with Gasteiger partial charge in [0.15, 0.2) is 0 Å². The van der Waals surface area contributed by atoms with E-state index in [4.69, 9.17) is 5.84 Å². The summed E-state index contributed by atoms with van der Waals surface area (Å²) >= 11 is 0. The van der Waals surface area contributed by atoms with Gasteiger partial charge >= 0.3 is 0 Å². The van der Waals surface area contributed by atoms with Crippen LogP contribution in [0.3, 0.4) is 0 Å². The number of nitrogens with zero attached hydrogens (tertiary/aromatic N) is 4. The average Bonchev–Trinajstić information content (AvgIpc) is 2.77. The third-order valence-corrected chi connectivity index (χ3v) is 2.77. The van der Waals surface area contributed by atoms with E-state index < -0.39 is 0 Å². The fourth-order valence-electron chi connectivity index (χ4n) is 1.76. The number of hydrazine groups is 1. The maximum atomic E-state index is 5.55. The van der Waals surface area contributed by atoms with Gasteiger partial charge in [0.1, 0.15) is 6.33 Å². The molecule has 1 unspecified atom stereocenters. The fourth-order valence-corrected chi connectivity index (χ4v) is 1.76. The number of hydrogen-bond donors (Lipinski definition) is 2. The molecule has 0 fully saturated rings. The summed E-state index contributed by atoms with van der Waals surface area (Å²) < 4.78 is 1.87. The van der Waals surface area contributed by atoms with Crippen molar-refractivity contribution in [2.45, 2.75) is 18.9 Å². The zero-order chi connectivity index (χ0) is 12.1. The highest BCUT2D eigenvalue weighted by atomic mass is 15.3. The molecular weight excluding hydrogens is 216 g/mol. The molecule has 6 heteroatoms. The lowest BCUT2D eigenvalue weighted by Crippen LogP contribution is -2.29. The van der Waals surface area contributed by atoms with E-state index >= 15 is 0 Å². The molecule has 0 amide bonds. The Morgan fingerprint density at radius 1 is 1.41 bits per heavy atom. The molecule has 0 radical (unpaired) electrons. The number of aromatic nitrogens is 4. The summed E-state index contributed by atoms with van der Waals surface area (Å²) in [4.78, 5) is 8.09. The predicted octanol–water partition coefficient (Wildman–Crippen LogP) is 0.347. The van der Waals surface area contributed by atoms with Gasteiger partial charge in [0.2, 0.25) is 0 Å². The highest BCUT2D eigenvalue weighted by molar-refractivity contribution is 5.06. The minimum atomic E-state index is 0.0351. The standard InChI is InChI=1S/C11H16N6/c1-17-9(4-7-15-17)2-3-11(16-12)10-5-6-13-8-14-10/h4-8,11,16H,2-3,12H2,1H3. The Labute approximate surface area is 99.9 Å². The largest absolute Gasteiger partial charge is 0.273 e. The normalized spacial score (nSPS) is 12.6. The van der Waals surface area contributed by atoms with Crippen LogP contribution in [-0.4, -0.2) is 19.7 Å². The molecule has 6 nitrogen and oxygen atoms in total. The van der Waals surface area contributed by atoms with Crippen molar-refractivity contribution in [3.8, 4) is 0 Å². The van der Waals surface area contributed by atoms with Crippen LogP contribution in [0.2, 0.25) is 0 Å². The van der Waals surface area contributed by atoms with E-state index in [9.17, 15) is 0 Å². The molecule has 2 aromatic rings. The smallest absolute Gasteiger partial charge is 0.115 e. The first kappa shape index (κ1) is 11.7. The van der Waals surface area contributed by atoms with Crippen LogP contribution in [0, 0.1) is 0 Å². The van der Waals surface area contributed by atoms with Crippen LogP contribution in [0.1, 0.15) is 23.9 Å². The predicted molar refractivity (Wildman–Crippen MR) is 63.6 cm³/mol. The molecule has 2 rings (SSSR count). The second-order valence-corrected chi connectivity index (χ2v) is 3.84. The van der Waals surface area contributed by atoms with Crippen LogP contribution in [-0.2, 0) is 13.5 Å². The van der Waals surface area contributed by atoms with Crippen molar-refractivity contribution in [2.75, 3.05) is 0 Å². The van der Waals surface area contributed by atoms with Crippen molar-refractivity contribution >= 4 is 0 Å². The summed E-state index contributed by atoms with van der Waals surface area (Å²) in [6.45, 7) is 0. The molecular formula is C11H16N6. The topological polar surface area (TPSA) is 81.7 Å². The zero-order valence-electron chi connectivity index (χ0n) is 9.74. The van der Waals surface area contributed by atoms with Gasteiger partial charge in [-0.3, -0.25) is 16.0 Å². The van der Waals surface area contributed by atoms with Crippen LogP contribution in [0.25, 0.3) is 0 Å². The summed E-state index contributed by atoms with van der Waals surface area (Å²) in [5.74, 6) is 5.55. The molecule has 0 aliphatic rings.